The van der Waals surface area contributed by atoms with Gasteiger partial charge in [0.15, 0.2) is 0 Å². The zero-order chi connectivity index (χ0) is 30.1. The molecule has 4 nitrogen and oxygen atoms in total. The summed E-state index contributed by atoms with van der Waals surface area (Å²) >= 11 is 0. The fourth-order valence-electron chi connectivity index (χ4n) is 9.35. The molecule has 13 rings (SSSR count). The van der Waals surface area contributed by atoms with E-state index in [-0.39, 0.29) is 6.85 Å². The zero-order valence-electron chi connectivity index (χ0n) is 24.9. The van der Waals surface area contributed by atoms with Crippen molar-refractivity contribution in [1.82, 2.24) is 9.05 Å². The number of benzene rings is 7. The Morgan fingerprint density at radius 2 is 1.06 bits per heavy atom. The molecular weight excluding hydrogens is 575 g/mol. The molecule has 2 aliphatic heterocycles. The largest absolute Gasteiger partial charge is 0.455 e. The number of hydrogen-bond acceptors (Lipinski definition) is 2. The molecule has 0 atom stereocenters. The van der Waals surface area contributed by atoms with Crippen LogP contribution >= 0.6 is 0 Å². The van der Waals surface area contributed by atoms with Crippen LogP contribution < -0.4 is 10.9 Å². The molecule has 4 aromatic heterocycles. The average molecular weight is 596 g/mol. The lowest BCUT2D eigenvalue weighted by atomic mass is 9.45. The summed E-state index contributed by atoms with van der Waals surface area (Å²) in [6.07, 6.45) is 0. The lowest BCUT2D eigenvalue weighted by Crippen LogP contribution is -2.55. The van der Waals surface area contributed by atoms with E-state index in [4.69, 9.17) is 8.83 Å². The molecule has 0 radical (unpaired) electrons. The van der Waals surface area contributed by atoms with E-state index in [2.05, 4.69) is 136 Å². The van der Waals surface area contributed by atoms with Gasteiger partial charge in [-0.15, -0.1) is 0 Å². The number of aromatic nitrogens is 2. The van der Waals surface area contributed by atoms with E-state index in [0.717, 1.165) is 38.5 Å². The van der Waals surface area contributed by atoms with Crippen molar-refractivity contribution in [3.05, 3.63) is 127 Å². The molecule has 0 unspecified atom stereocenters. The van der Waals surface area contributed by atoms with Gasteiger partial charge in [-0.05, 0) is 52.9 Å². The minimum absolute atomic E-state index is 0.0321. The Hall–Kier alpha value is -6.20. The molecule has 47 heavy (non-hydrogen) atoms. The molecule has 0 bridgehead atoms. The average Bonchev–Trinajstić information content (AvgIpc) is 3.87. The second kappa shape index (κ2) is 7.60. The maximum absolute atomic E-state index is 6.72. The van der Waals surface area contributed by atoms with E-state index in [1.807, 2.05) is 0 Å². The third kappa shape index (κ3) is 2.47. The molecule has 5 heteroatoms. The van der Waals surface area contributed by atoms with E-state index in [9.17, 15) is 0 Å². The SMILES string of the molecule is c1cc2c3c(c1)-n1c4ccccc4c4c5oc6ccccc6c5cc(c41)B3n1c3ccccc3c3c4oc5ccccc5c4cc-2c31. The van der Waals surface area contributed by atoms with Crippen LogP contribution in [0.5, 0.6) is 0 Å². The van der Waals surface area contributed by atoms with Crippen LogP contribution in [0.25, 0.3) is 104 Å². The molecule has 0 saturated heterocycles. The highest BCUT2D eigenvalue weighted by atomic mass is 16.3. The molecule has 214 valence electrons. The Balaban J connectivity index is 1.32. The van der Waals surface area contributed by atoms with Gasteiger partial charge in [-0.25, -0.2) is 0 Å². The first kappa shape index (κ1) is 23.2. The summed E-state index contributed by atoms with van der Waals surface area (Å²) in [5.74, 6) is 0. The van der Waals surface area contributed by atoms with Crippen LogP contribution in [0.4, 0.5) is 0 Å². The Labute approximate surface area is 266 Å². The minimum atomic E-state index is -0.0321. The molecular formula is C42H21BN2O2. The van der Waals surface area contributed by atoms with E-state index < -0.39 is 0 Å². The highest BCUT2D eigenvalue weighted by Gasteiger charge is 2.42. The topological polar surface area (TPSA) is 36.1 Å². The summed E-state index contributed by atoms with van der Waals surface area (Å²) < 4.78 is 18.6. The molecule has 0 N–H and O–H groups in total. The summed E-state index contributed by atoms with van der Waals surface area (Å²) in [4.78, 5) is 0. The molecule has 2 aliphatic rings. The monoisotopic (exact) mass is 596 g/mol. The first-order valence-corrected chi connectivity index (χ1v) is 16.2. The number of fused-ring (bicyclic) bond motifs is 18. The van der Waals surface area contributed by atoms with Crippen molar-refractivity contribution in [2.45, 2.75) is 0 Å². The highest BCUT2D eigenvalue weighted by molar-refractivity contribution is 6.90. The maximum atomic E-state index is 6.72. The van der Waals surface area contributed by atoms with Gasteiger partial charge in [0.2, 0.25) is 0 Å². The van der Waals surface area contributed by atoms with Gasteiger partial charge in [0.05, 0.1) is 21.8 Å². The third-order valence-corrected chi connectivity index (χ3v) is 11.1. The van der Waals surface area contributed by atoms with Crippen molar-refractivity contribution in [1.29, 1.82) is 0 Å². The van der Waals surface area contributed by atoms with Gasteiger partial charge >= 0.3 is 6.85 Å². The van der Waals surface area contributed by atoms with Gasteiger partial charge in [-0.2, -0.15) is 0 Å². The fraction of sp³-hybridized carbons (Fsp3) is 0. The third-order valence-electron chi connectivity index (χ3n) is 11.1. The van der Waals surface area contributed by atoms with Gasteiger partial charge in [0.25, 0.3) is 0 Å². The number of para-hydroxylation sites is 4. The fourth-order valence-corrected chi connectivity index (χ4v) is 9.35. The quantitative estimate of drug-likeness (QED) is 0.164. The van der Waals surface area contributed by atoms with Gasteiger partial charge in [-0.3, -0.25) is 0 Å². The minimum Gasteiger partial charge on any atom is -0.455 e. The van der Waals surface area contributed by atoms with Crippen molar-refractivity contribution in [2.24, 2.45) is 0 Å². The summed E-state index contributed by atoms with van der Waals surface area (Å²) in [5.41, 5.74) is 15.1. The van der Waals surface area contributed by atoms with Crippen molar-refractivity contribution < 1.29 is 8.83 Å². The molecule has 0 amide bonds. The predicted molar refractivity (Wildman–Crippen MR) is 194 cm³/mol. The molecule has 0 saturated carbocycles. The molecule has 0 aliphatic carbocycles. The lowest BCUT2D eigenvalue weighted by Gasteiger charge is -2.34. The number of furan rings is 2. The molecule has 7 aromatic carbocycles. The van der Waals surface area contributed by atoms with Crippen LogP contribution in [0.15, 0.2) is 136 Å². The van der Waals surface area contributed by atoms with E-state index in [0.29, 0.717) is 0 Å². The van der Waals surface area contributed by atoms with Crippen molar-refractivity contribution in [2.75, 3.05) is 0 Å². The van der Waals surface area contributed by atoms with Crippen molar-refractivity contribution in [3.8, 4) is 16.8 Å². The van der Waals surface area contributed by atoms with Gasteiger partial charge in [0.1, 0.15) is 22.3 Å². The summed E-state index contributed by atoms with van der Waals surface area (Å²) in [5, 5.41) is 9.45. The Bertz CT molecular complexity index is 3260. The van der Waals surface area contributed by atoms with E-state index >= 15 is 0 Å². The van der Waals surface area contributed by atoms with Gasteiger partial charge in [0, 0.05) is 54.6 Å². The maximum Gasteiger partial charge on any atom is 0.333 e. The van der Waals surface area contributed by atoms with Gasteiger partial charge in [-0.1, -0.05) is 91.0 Å². The molecule has 0 spiro atoms. The smallest absolute Gasteiger partial charge is 0.333 e. The van der Waals surface area contributed by atoms with Crippen LogP contribution in [0.2, 0.25) is 0 Å². The van der Waals surface area contributed by atoms with Crippen molar-refractivity contribution >= 4 is 105 Å². The molecule has 11 aromatic rings. The van der Waals surface area contributed by atoms with Crippen LogP contribution in [-0.4, -0.2) is 15.9 Å². The Morgan fingerprint density at radius 3 is 1.81 bits per heavy atom. The molecule has 6 heterocycles. The summed E-state index contributed by atoms with van der Waals surface area (Å²) in [6.45, 7) is -0.0321. The predicted octanol–water partition coefficient (Wildman–Crippen LogP) is 9.64. The first-order chi connectivity index (χ1) is 23.3. The van der Waals surface area contributed by atoms with Crippen LogP contribution in [-0.2, 0) is 0 Å². The van der Waals surface area contributed by atoms with Crippen LogP contribution in [0.3, 0.4) is 0 Å². The zero-order valence-corrected chi connectivity index (χ0v) is 24.9. The van der Waals surface area contributed by atoms with E-state index in [1.54, 1.807) is 0 Å². The standard InChI is InChI=1S/C42H21BN2O2/c1-5-15-31-25(12-1)37-40-30(21-29-23-11-4-8-19-35(23)47-42(29)37)43-38-24(14-9-17-33(38)44(31)40)27-20-28-22-10-3-7-18-34(22)46-41(28)36-26-13-2-6-16-32(26)45(43)39(27)36/h1-21H. The van der Waals surface area contributed by atoms with Crippen molar-refractivity contribution in [3.63, 3.8) is 0 Å². The second-order valence-corrected chi connectivity index (χ2v) is 13.2. The summed E-state index contributed by atoms with van der Waals surface area (Å²) in [7, 11) is 0. The van der Waals surface area contributed by atoms with E-state index in [1.165, 1.54) is 76.7 Å². The summed E-state index contributed by atoms with van der Waals surface area (Å²) in [6, 6.07) is 46.3. The van der Waals surface area contributed by atoms with Crippen LogP contribution in [0.1, 0.15) is 0 Å². The number of rotatable bonds is 0. The highest BCUT2D eigenvalue weighted by Crippen LogP contribution is 2.48. The lowest BCUT2D eigenvalue weighted by molar-refractivity contribution is 0.672. The number of hydrogen-bond donors (Lipinski definition) is 0. The molecule has 0 fully saturated rings. The number of nitrogens with zero attached hydrogens (tertiary/aromatic N) is 2. The second-order valence-electron chi connectivity index (χ2n) is 13.2. The Morgan fingerprint density at radius 1 is 0.468 bits per heavy atom. The first-order valence-electron chi connectivity index (χ1n) is 16.2. The Kier molecular flexibility index (Phi) is 3.75. The van der Waals surface area contributed by atoms with Gasteiger partial charge < -0.3 is 17.9 Å². The normalized spacial score (nSPS) is 13.5. The van der Waals surface area contributed by atoms with Crippen LogP contribution in [0, 0.1) is 0 Å².